The summed E-state index contributed by atoms with van der Waals surface area (Å²) >= 11 is 1.81. The molecule has 0 aliphatic heterocycles. The zero-order chi connectivity index (χ0) is 12.0. The Morgan fingerprint density at radius 1 is 1.44 bits per heavy atom. The van der Waals surface area contributed by atoms with Gasteiger partial charge in [-0.25, -0.2) is 0 Å². The van der Waals surface area contributed by atoms with Gasteiger partial charge in [0.1, 0.15) is 0 Å². The van der Waals surface area contributed by atoms with Crippen LogP contribution < -0.4 is 11.1 Å². The van der Waals surface area contributed by atoms with Crippen LogP contribution in [0.15, 0.2) is 24.3 Å². The molecule has 0 aliphatic rings. The van der Waals surface area contributed by atoms with Crippen molar-refractivity contribution >= 4 is 23.4 Å². The van der Waals surface area contributed by atoms with Crippen LogP contribution in [0.5, 0.6) is 0 Å². The average molecular weight is 238 g/mol. The second-order valence-corrected chi connectivity index (χ2v) is 4.99. The highest BCUT2D eigenvalue weighted by Gasteiger charge is 2.05. The van der Waals surface area contributed by atoms with Gasteiger partial charge in [0.15, 0.2) is 0 Å². The summed E-state index contributed by atoms with van der Waals surface area (Å²) in [5.74, 6) is -0.0340. The lowest BCUT2D eigenvalue weighted by molar-refractivity contribution is 0.0953. The van der Waals surface area contributed by atoms with Crippen molar-refractivity contribution in [1.29, 1.82) is 0 Å². The number of benzene rings is 1. The van der Waals surface area contributed by atoms with Crippen molar-refractivity contribution in [3.8, 4) is 0 Å². The minimum absolute atomic E-state index is 0.0340. The van der Waals surface area contributed by atoms with E-state index < -0.39 is 0 Å². The van der Waals surface area contributed by atoms with Gasteiger partial charge in [-0.3, -0.25) is 4.79 Å². The van der Waals surface area contributed by atoms with Crippen LogP contribution in [-0.2, 0) is 0 Å². The minimum Gasteiger partial charge on any atom is -0.399 e. The second-order valence-electron chi connectivity index (χ2n) is 3.71. The van der Waals surface area contributed by atoms with Gasteiger partial charge >= 0.3 is 0 Å². The molecule has 1 rings (SSSR count). The molecule has 3 N–H and O–H groups in total. The van der Waals surface area contributed by atoms with Gasteiger partial charge in [0, 0.05) is 23.0 Å². The van der Waals surface area contributed by atoms with Crippen molar-refractivity contribution in [3.63, 3.8) is 0 Å². The number of hydrogen-bond acceptors (Lipinski definition) is 3. The molecule has 1 aromatic rings. The molecule has 3 nitrogen and oxygen atoms in total. The first-order valence-electron chi connectivity index (χ1n) is 5.30. The van der Waals surface area contributed by atoms with Crippen LogP contribution in [0.3, 0.4) is 0 Å². The van der Waals surface area contributed by atoms with E-state index in [1.807, 2.05) is 0 Å². The molecular weight excluding hydrogens is 220 g/mol. The number of hydrogen-bond donors (Lipinski definition) is 2. The van der Waals surface area contributed by atoms with Crippen molar-refractivity contribution < 1.29 is 4.79 Å². The van der Waals surface area contributed by atoms with E-state index in [2.05, 4.69) is 18.5 Å². The predicted octanol–water partition coefficient (Wildman–Crippen LogP) is 2.14. The summed E-state index contributed by atoms with van der Waals surface area (Å²) in [6.45, 7) is 2.87. The third-order valence-electron chi connectivity index (χ3n) is 2.41. The van der Waals surface area contributed by atoms with Gasteiger partial charge in [0.05, 0.1) is 0 Å². The van der Waals surface area contributed by atoms with E-state index in [4.69, 9.17) is 5.73 Å². The molecule has 0 radical (unpaired) electrons. The van der Waals surface area contributed by atoms with Crippen LogP contribution in [0.25, 0.3) is 0 Å². The fourth-order valence-electron chi connectivity index (χ4n) is 1.24. The number of carbonyl (C=O) groups excluding carboxylic acids is 1. The van der Waals surface area contributed by atoms with Gasteiger partial charge < -0.3 is 11.1 Å². The molecule has 0 aliphatic carbocycles. The molecule has 16 heavy (non-hydrogen) atoms. The fourth-order valence-corrected chi connectivity index (χ4v) is 1.60. The first-order chi connectivity index (χ1) is 7.63. The maximum Gasteiger partial charge on any atom is 0.251 e. The van der Waals surface area contributed by atoms with Gasteiger partial charge in [-0.2, -0.15) is 11.8 Å². The summed E-state index contributed by atoms with van der Waals surface area (Å²) in [5.41, 5.74) is 6.88. The number of thioether (sulfide) groups is 1. The van der Waals surface area contributed by atoms with Crippen molar-refractivity contribution in [3.05, 3.63) is 29.8 Å². The molecule has 0 bridgehead atoms. The smallest absolute Gasteiger partial charge is 0.251 e. The van der Waals surface area contributed by atoms with E-state index in [1.165, 1.54) is 0 Å². The Balaban J connectivity index is 2.38. The monoisotopic (exact) mass is 238 g/mol. The molecule has 0 saturated carbocycles. The zero-order valence-electron chi connectivity index (χ0n) is 9.69. The summed E-state index contributed by atoms with van der Waals surface area (Å²) in [7, 11) is 0. The number of carbonyl (C=O) groups is 1. The highest BCUT2D eigenvalue weighted by atomic mass is 32.2. The van der Waals surface area contributed by atoms with Crippen LogP contribution in [-0.4, -0.2) is 24.0 Å². The van der Waals surface area contributed by atoms with Gasteiger partial charge in [-0.05, 0) is 36.9 Å². The quantitative estimate of drug-likeness (QED) is 0.773. The predicted molar refractivity (Wildman–Crippen MR) is 70.8 cm³/mol. The Bertz CT molecular complexity index is 337. The van der Waals surface area contributed by atoms with Crippen molar-refractivity contribution in [2.24, 2.45) is 0 Å². The molecule has 1 atom stereocenters. The topological polar surface area (TPSA) is 55.1 Å². The van der Waals surface area contributed by atoms with Crippen LogP contribution in [0.1, 0.15) is 23.7 Å². The standard InChI is InChI=1S/C12H18N2OS/c1-9(16-2)7-8-14-12(15)10-3-5-11(13)6-4-10/h3-6,9H,7-8,13H2,1-2H3,(H,14,15). The lowest BCUT2D eigenvalue weighted by Gasteiger charge is -2.09. The zero-order valence-corrected chi connectivity index (χ0v) is 10.5. The van der Waals surface area contributed by atoms with Crippen LogP contribution in [0.4, 0.5) is 5.69 Å². The number of nitrogens with one attached hydrogen (secondary N) is 1. The summed E-state index contributed by atoms with van der Waals surface area (Å²) in [5, 5.41) is 3.47. The Hall–Kier alpha value is -1.16. The van der Waals surface area contributed by atoms with E-state index in [9.17, 15) is 4.79 Å². The highest BCUT2D eigenvalue weighted by Crippen LogP contribution is 2.09. The van der Waals surface area contributed by atoms with E-state index in [0.29, 0.717) is 23.0 Å². The SMILES string of the molecule is CSC(C)CCNC(=O)c1ccc(N)cc1. The average Bonchev–Trinajstić information content (AvgIpc) is 2.29. The summed E-state index contributed by atoms with van der Waals surface area (Å²) in [6.07, 6.45) is 3.06. The van der Waals surface area contributed by atoms with Gasteiger partial charge in [-0.15, -0.1) is 0 Å². The molecule has 0 spiro atoms. The van der Waals surface area contributed by atoms with E-state index >= 15 is 0 Å². The number of nitrogen functional groups attached to an aromatic ring is 1. The third-order valence-corrected chi connectivity index (χ3v) is 3.45. The Labute approximate surface area is 101 Å². The van der Waals surface area contributed by atoms with Crippen molar-refractivity contribution in [2.45, 2.75) is 18.6 Å². The normalized spacial score (nSPS) is 12.1. The second kappa shape index (κ2) is 6.43. The van der Waals surface area contributed by atoms with Crippen molar-refractivity contribution in [1.82, 2.24) is 5.32 Å². The molecule has 88 valence electrons. The summed E-state index contributed by atoms with van der Waals surface area (Å²) < 4.78 is 0. The fraction of sp³-hybridized carbons (Fsp3) is 0.417. The molecule has 1 unspecified atom stereocenters. The van der Waals surface area contributed by atoms with Crippen molar-refractivity contribution in [2.75, 3.05) is 18.5 Å². The molecular formula is C12H18N2OS. The van der Waals surface area contributed by atoms with E-state index in [1.54, 1.807) is 36.0 Å². The van der Waals surface area contributed by atoms with Crippen LogP contribution >= 0.6 is 11.8 Å². The molecule has 1 amide bonds. The largest absolute Gasteiger partial charge is 0.399 e. The summed E-state index contributed by atoms with van der Waals surface area (Å²) in [6, 6.07) is 6.95. The molecule has 0 fully saturated rings. The lowest BCUT2D eigenvalue weighted by Crippen LogP contribution is -2.25. The third kappa shape index (κ3) is 4.14. The minimum atomic E-state index is -0.0340. The summed E-state index contributed by atoms with van der Waals surface area (Å²) in [4.78, 5) is 11.7. The molecule has 0 heterocycles. The number of amides is 1. The van der Waals surface area contributed by atoms with Gasteiger partial charge in [0.2, 0.25) is 0 Å². The Morgan fingerprint density at radius 2 is 2.06 bits per heavy atom. The first kappa shape index (κ1) is 12.9. The molecule has 4 heteroatoms. The van der Waals surface area contributed by atoms with Gasteiger partial charge in [-0.1, -0.05) is 6.92 Å². The number of nitrogens with two attached hydrogens (primary N) is 1. The maximum atomic E-state index is 11.7. The number of rotatable bonds is 5. The van der Waals surface area contributed by atoms with Crippen LogP contribution in [0.2, 0.25) is 0 Å². The Kier molecular flexibility index (Phi) is 5.19. The van der Waals surface area contributed by atoms with E-state index in [-0.39, 0.29) is 5.91 Å². The van der Waals surface area contributed by atoms with Crippen LogP contribution in [0, 0.1) is 0 Å². The van der Waals surface area contributed by atoms with E-state index in [0.717, 1.165) is 6.42 Å². The van der Waals surface area contributed by atoms with Gasteiger partial charge in [0.25, 0.3) is 5.91 Å². The molecule has 1 aromatic carbocycles. The maximum absolute atomic E-state index is 11.7. The Morgan fingerprint density at radius 3 is 2.62 bits per heavy atom. The first-order valence-corrected chi connectivity index (χ1v) is 6.59. The highest BCUT2D eigenvalue weighted by molar-refractivity contribution is 7.99. The number of anilines is 1. The molecule has 0 saturated heterocycles. The molecule has 0 aromatic heterocycles. The lowest BCUT2D eigenvalue weighted by atomic mass is 10.2.